The zero-order valence-corrected chi connectivity index (χ0v) is 21.2. The summed E-state index contributed by atoms with van der Waals surface area (Å²) < 4.78 is 18.6. The topological polar surface area (TPSA) is 103 Å². The molecule has 1 amide bonds. The Kier molecular flexibility index (Phi) is 8.12. The molecule has 0 saturated carbocycles. The molecule has 194 valence electrons. The smallest absolute Gasteiger partial charge is 0.295 e. The predicted octanol–water partition coefficient (Wildman–Crippen LogP) is 4.20. The van der Waals surface area contributed by atoms with E-state index in [0.717, 1.165) is 0 Å². The molecule has 1 aliphatic heterocycles. The number of aliphatic hydroxyl groups excluding tert-OH is 1. The molecule has 4 rings (SSSR count). The number of imidazole rings is 1. The summed E-state index contributed by atoms with van der Waals surface area (Å²) in [5, 5.41) is 11.3. The lowest BCUT2D eigenvalue weighted by molar-refractivity contribution is -0.139. The van der Waals surface area contributed by atoms with Gasteiger partial charge in [-0.25, -0.2) is 4.98 Å². The van der Waals surface area contributed by atoms with Crippen LogP contribution in [0, 0.1) is 0 Å². The van der Waals surface area contributed by atoms with Crippen LogP contribution in [0.15, 0.2) is 66.8 Å². The van der Waals surface area contributed by atoms with Crippen LogP contribution in [0.2, 0.25) is 0 Å². The van der Waals surface area contributed by atoms with Crippen LogP contribution in [0.3, 0.4) is 0 Å². The maximum Gasteiger partial charge on any atom is 0.295 e. The van der Waals surface area contributed by atoms with Crippen molar-refractivity contribution in [3.05, 3.63) is 77.9 Å². The van der Waals surface area contributed by atoms with Gasteiger partial charge in [-0.15, -0.1) is 0 Å². The van der Waals surface area contributed by atoms with E-state index in [-0.39, 0.29) is 11.3 Å². The third-order valence-corrected chi connectivity index (χ3v) is 6.16. The van der Waals surface area contributed by atoms with Crippen molar-refractivity contribution in [3.63, 3.8) is 0 Å². The maximum absolute atomic E-state index is 13.3. The van der Waals surface area contributed by atoms with Gasteiger partial charge in [0.25, 0.3) is 11.7 Å². The molecule has 0 bridgehead atoms. The zero-order valence-electron chi connectivity index (χ0n) is 21.2. The van der Waals surface area contributed by atoms with Gasteiger partial charge in [0.05, 0.1) is 38.3 Å². The summed E-state index contributed by atoms with van der Waals surface area (Å²) in [6, 6.07) is 11.3. The normalized spacial score (nSPS) is 16.7. The lowest BCUT2D eigenvalue weighted by atomic mass is 9.95. The number of rotatable bonds is 11. The second-order valence-corrected chi connectivity index (χ2v) is 8.45. The Morgan fingerprint density at radius 3 is 2.41 bits per heavy atom. The van der Waals surface area contributed by atoms with Gasteiger partial charge in [0.15, 0.2) is 11.5 Å². The molecule has 1 aromatic heterocycles. The fraction of sp³-hybridized carbons (Fsp3) is 0.321. The maximum atomic E-state index is 13.3. The first-order valence-corrected chi connectivity index (χ1v) is 12.3. The van der Waals surface area contributed by atoms with E-state index in [4.69, 9.17) is 14.2 Å². The molecule has 0 aliphatic carbocycles. The minimum absolute atomic E-state index is 0.0306. The Labute approximate surface area is 215 Å². The number of carbonyl (C=O) groups is 2. The van der Waals surface area contributed by atoms with Crippen molar-refractivity contribution < 1.29 is 28.9 Å². The van der Waals surface area contributed by atoms with Gasteiger partial charge in [-0.1, -0.05) is 6.07 Å². The number of ether oxygens (including phenoxy) is 3. The number of likely N-dealkylation sites (tertiary alicyclic amines) is 1. The molecule has 1 aliphatic rings. The number of hydrogen-bond donors (Lipinski definition) is 1. The molecule has 2 aromatic carbocycles. The number of carbonyl (C=O) groups excluding carboxylic acids is 2. The van der Waals surface area contributed by atoms with Crippen LogP contribution in [0.25, 0.3) is 5.76 Å². The Bertz CT molecular complexity index is 1270. The number of benzene rings is 2. The van der Waals surface area contributed by atoms with Gasteiger partial charge in [0.2, 0.25) is 0 Å². The predicted molar refractivity (Wildman–Crippen MR) is 138 cm³/mol. The van der Waals surface area contributed by atoms with E-state index in [9.17, 15) is 14.7 Å². The van der Waals surface area contributed by atoms with E-state index in [1.165, 1.54) is 12.0 Å². The summed E-state index contributed by atoms with van der Waals surface area (Å²) in [6.45, 7) is 5.66. The molecular weight excluding hydrogens is 474 g/mol. The Hall–Kier alpha value is -4.27. The van der Waals surface area contributed by atoms with E-state index < -0.39 is 17.7 Å². The van der Waals surface area contributed by atoms with Crippen molar-refractivity contribution in [1.29, 1.82) is 0 Å². The van der Waals surface area contributed by atoms with Crippen molar-refractivity contribution >= 4 is 17.4 Å². The molecule has 9 nitrogen and oxygen atoms in total. The number of hydrogen-bond acceptors (Lipinski definition) is 7. The third kappa shape index (κ3) is 5.45. The van der Waals surface area contributed by atoms with Crippen molar-refractivity contribution in [3.8, 4) is 17.2 Å². The Morgan fingerprint density at radius 1 is 1.00 bits per heavy atom. The first kappa shape index (κ1) is 25.8. The summed E-state index contributed by atoms with van der Waals surface area (Å²) in [5.74, 6) is 0.0488. The number of nitrogens with zero attached hydrogens (tertiary/aromatic N) is 3. The highest BCUT2D eigenvalue weighted by Gasteiger charge is 2.46. The molecular formula is C28H31N3O6. The van der Waals surface area contributed by atoms with Crippen LogP contribution in [0.1, 0.15) is 37.4 Å². The van der Waals surface area contributed by atoms with E-state index >= 15 is 0 Å². The fourth-order valence-corrected chi connectivity index (χ4v) is 4.46. The van der Waals surface area contributed by atoms with Gasteiger partial charge >= 0.3 is 0 Å². The molecule has 37 heavy (non-hydrogen) atoms. The van der Waals surface area contributed by atoms with Crippen LogP contribution in [-0.2, 0) is 16.1 Å². The summed E-state index contributed by atoms with van der Waals surface area (Å²) >= 11 is 0. The van der Waals surface area contributed by atoms with Crippen molar-refractivity contribution in [2.24, 2.45) is 0 Å². The second kappa shape index (κ2) is 11.6. The number of aryl methyl sites for hydroxylation is 1. The van der Waals surface area contributed by atoms with Gasteiger partial charge in [-0.05, 0) is 62.2 Å². The highest BCUT2D eigenvalue weighted by atomic mass is 16.5. The molecule has 0 unspecified atom stereocenters. The number of aromatic nitrogens is 2. The second-order valence-electron chi connectivity index (χ2n) is 8.45. The Morgan fingerprint density at radius 2 is 1.76 bits per heavy atom. The monoisotopic (exact) mass is 505 g/mol. The third-order valence-electron chi connectivity index (χ3n) is 6.16. The number of Topliss-reactive ketones (excluding diaryl/α,β-unsaturated/α-hetero) is 1. The van der Waals surface area contributed by atoms with Crippen LogP contribution in [-0.4, -0.2) is 58.1 Å². The fourth-order valence-electron chi connectivity index (χ4n) is 4.46. The average molecular weight is 506 g/mol. The van der Waals surface area contributed by atoms with Crippen LogP contribution >= 0.6 is 0 Å². The van der Waals surface area contributed by atoms with Gasteiger partial charge in [-0.3, -0.25) is 9.59 Å². The highest BCUT2D eigenvalue weighted by molar-refractivity contribution is 6.46. The first-order valence-electron chi connectivity index (χ1n) is 12.3. The highest BCUT2D eigenvalue weighted by Crippen LogP contribution is 2.42. The van der Waals surface area contributed by atoms with Gasteiger partial charge in [-0.2, -0.15) is 0 Å². The molecule has 3 aromatic rings. The largest absolute Gasteiger partial charge is 0.507 e. The van der Waals surface area contributed by atoms with E-state index in [2.05, 4.69) is 4.98 Å². The molecule has 1 saturated heterocycles. The minimum Gasteiger partial charge on any atom is -0.507 e. The van der Waals surface area contributed by atoms with Gasteiger partial charge in [0, 0.05) is 31.0 Å². The van der Waals surface area contributed by atoms with Crippen LogP contribution in [0.4, 0.5) is 0 Å². The lowest BCUT2D eigenvalue weighted by Gasteiger charge is -2.26. The molecule has 1 atom stereocenters. The van der Waals surface area contributed by atoms with Gasteiger partial charge in [0.1, 0.15) is 11.5 Å². The molecule has 9 heteroatoms. The number of methoxy groups -OCH3 is 1. The van der Waals surface area contributed by atoms with E-state index in [1.54, 1.807) is 55.0 Å². The van der Waals surface area contributed by atoms with E-state index in [1.807, 2.05) is 24.6 Å². The molecule has 0 radical (unpaired) electrons. The number of amides is 1. The standard InChI is InChI=1S/C28H31N3O6/c1-4-36-21-10-7-19(8-11-21)26(32)24-25(20-9-12-22(37-5-2)23(17-20)35-3)31(28(34)27(24)33)15-6-14-30-16-13-29-18-30/h7-13,16-18,25,32H,4-6,14-15H2,1-3H3/t25-/m0/s1. The molecule has 1 fully saturated rings. The summed E-state index contributed by atoms with van der Waals surface area (Å²) in [4.78, 5) is 32.1. The summed E-state index contributed by atoms with van der Waals surface area (Å²) in [6.07, 6.45) is 5.83. The van der Waals surface area contributed by atoms with Crippen molar-refractivity contribution in [2.75, 3.05) is 26.9 Å². The van der Waals surface area contributed by atoms with Crippen molar-refractivity contribution in [2.45, 2.75) is 32.9 Å². The van der Waals surface area contributed by atoms with E-state index in [0.29, 0.717) is 61.1 Å². The molecule has 1 N–H and O–H groups in total. The summed E-state index contributed by atoms with van der Waals surface area (Å²) in [7, 11) is 1.53. The zero-order chi connectivity index (χ0) is 26.4. The van der Waals surface area contributed by atoms with Crippen molar-refractivity contribution in [1.82, 2.24) is 14.5 Å². The first-order chi connectivity index (χ1) is 18.0. The molecule has 0 spiro atoms. The average Bonchev–Trinajstić information content (AvgIpc) is 3.52. The SMILES string of the molecule is CCOc1ccc(C(O)=C2C(=O)C(=O)N(CCCn3ccnc3)[C@H]2c2ccc(OCC)c(OC)c2)cc1. The van der Waals surface area contributed by atoms with Crippen LogP contribution in [0.5, 0.6) is 17.2 Å². The Balaban J connectivity index is 1.75. The van der Waals surface area contributed by atoms with Gasteiger partial charge < -0.3 is 28.8 Å². The quantitative estimate of drug-likeness (QED) is 0.237. The number of aliphatic hydroxyl groups is 1. The minimum atomic E-state index is -0.793. The number of ketones is 1. The molecule has 2 heterocycles. The summed E-state index contributed by atoms with van der Waals surface area (Å²) in [5.41, 5.74) is 1.08. The lowest BCUT2D eigenvalue weighted by Crippen LogP contribution is -2.31. The van der Waals surface area contributed by atoms with Crippen LogP contribution < -0.4 is 14.2 Å².